The first kappa shape index (κ1) is 15.7. The van der Waals surface area contributed by atoms with E-state index in [1.54, 1.807) is 43.5 Å². The number of carbonyl (C=O) groups is 1. The summed E-state index contributed by atoms with van der Waals surface area (Å²) >= 11 is 0. The second-order valence-electron chi connectivity index (χ2n) is 5.10. The lowest BCUT2D eigenvalue weighted by molar-refractivity contribution is 0.101. The van der Waals surface area contributed by atoms with Crippen molar-refractivity contribution in [3.8, 4) is 17.2 Å². The zero-order chi connectivity index (χ0) is 17.3. The second-order valence-corrected chi connectivity index (χ2v) is 5.10. The highest BCUT2D eigenvalue weighted by Crippen LogP contribution is 2.34. The zero-order valence-corrected chi connectivity index (χ0v) is 13.6. The number of nitrogens with two attached hydrogens (primary N) is 1. The van der Waals surface area contributed by atoms with Crippen molar-refractivity contribution in [2.75, 3.05) is 27.1 Å². The molecule has 0 amide bonds. The van der Waals surface area contributed by atoms with Crippen LogP contribution in [-0.4, -0.2) is 27.1 Å². The van der Waals surface area contributed by atoms with Crippen LogP contribution in [0.2, 0.25) is 0 Å². The lowest BCUT2D eigenvalue weighted by atomic mass is 10.1. The summed E-state index contributed by atoms with van der Waals surface area (Å²) in [6.45, 7) is 0. The summed E-state index contributed by atoms with van der Waals surface area (Å²) in [6.07, 6.45) is 0. The van der Waals surface area contributed by atoms with Gasteiger partial charge >= 0.3 is 0 Å². The first-order chi connectivity index (χ1) is 11.6. The number of carbonyl (C=O) groups excluding carboxylic acids is 1. The van der Waals surface area contributed by atoms with Crippen molar-refractivity contribution >= 4 is 22.4 Å². The molecule has 0 unspecified atom stereocenters. The summed E-state index contributed by atoms with van der Waals surface area (Å²) in [5, 5.41) is 0.625. The highest BCUT2D eigenvalue weighted by molar-refractivity contribution is 6.15. The first-order valence-corrected chi connectivity index (χ1v) is 7.21. The molecule has 6 heteroatoms. The van der Waals surface area contributed by atoms with Crippen LogP contribution in [0.25, 0.3) is 11.0 Å². The van der Waals surface area contributed by atoms with Gasteiger partial charge in [-0.25, -0.2) is 0 Å². The van der Waals surface area contributed by atoms with Gasteiger partial charge in [0.25, 0.3) is 0 Å². The van der Waals surface area contributed by atoms with E-state index >= 15 is 0 Å². The Hall–Kier alpha value is -3.15. The third kappa shape index (κ3) is 2.52. The molecule has 124 valence electrons. The fourth-order valence-corrected chi connectivity index (χ4v) is 2.51. The maximum Gasteiger partial charge on any atom is 0.234 e. The Balaban J connectivity index is 2.13. The van der Waals surface area contributed by atoms with Gasteiger partial charge in [-0.2, -0.15) is 0 Å². The summed E-state index contributed by atoms with van der Waals surface area (Å²) in [5.41, 5.74) is 7.21. The SMILES string of the molecule is COc1ccc(OC)c(C(=O)c2oc3ccc(OC)cc3c2N)c1. The van der Waals surface area contributed by atoms with Crippen molar-refractivity contribution in [3.05, 3.63) is 47.7 Å². The topological polar surface area (TPSA) is 83.9 Å². The highest BCUT2D eigenvalue weighted by atomic mass is 16.5. The number of benzene rings is 2. The molecule has 0 fully saturated rings. The largest absolute Gasteiger partial charge is 0.497 e. The average Bonchev–Trinajstić information content (AvgIpc) is 2.96. The standard InChI is InChI=1S/C18H17NO5/c1-21-10-5-7-15-12(8-10)16(19)18(24-15)17(20)13-9-11(22-2)4-6-14(13)23-3/h4-9H,19H2,1-3H3. The van der Waals surface area contributed by atoms with Gasteiger partial charge in [-0.15, -0.1) is 0 Å². The van der Waals surface area contributed by atoms with E-state index in [-0.39, 0.29) is 17.2 Å². The fraction of sp³-hybridized carbons (Fsp3) is 0.167. The van der Waals surface area contributed by atoms with Gasteiger partial charge in [-0.3, -0.25) is 4.79 Å². The van der Waals surface area contributed by atoms with E-state index in [0.717, 1.165) is 0 Å². The van der Waals surface area contributed by atoms with E-state index in [2.05, 4.69) is 0 Å². The molecule has 1 heterocycles. The van der Waals surface area contributed by atoms with Crippen molar-refractivity contribution in [3.63, 3.8) is 0 Å². The second kappa shape index (κ2) is 6.16. The molecule has 2 aromatic carbocycles. The molecule has 24 heavy (non-hydrogen) atoms. The predicted octanol–water partition coefficient (Wildman–Crippen LogP) is 3.27. The summed E-state index contributed by atoms with van der Waals surface area (Å²) < 4.78 is 21.3. The van der Waals surface area contributed by atoms with Gasteiger partial charge in [0, 0.05) is 5.39 Å². The Kier molecular flexibility index (Phi) is 4.04. The lowest BCUT2D eigenvalue weighted by Gasteiger charge is -2.08. The smallest absolute Gasteiger partial charge is 0.234 e. The van der Waals surface area contributed by atoms with Crippen LogP contribution in [0.3, 0.4) is 0 Å². The summed E-state index contributed by atoms with van der Waals surface area (Å²) in [7, 11) is 4.58. The Morgan fingerprint density at radius 2 is 1.62 bits per heavy atom. The van der Waals surface area contributed by atoms with Crippen LogP contribution in [0.1, 0.15) is 16.1 Å². The minimum absolute atomic E-state index is 0.0600. The molecule has 0 saturated heterocycles. The van der Waals surface area contributed by atoms with Crippen LogP contribution in [0.5, 0.6) is 17.2 Å². The number of nitrogen functional groups attached to an aromatic ring is 1. The fourth-order valence-electron chi connectivity index (χ4n) is 2.51. The number of fused-ring (bicyclic) bond motifs is 1. The number of methoxy groups -OCH3 is 3. The van der Waals surface area contributed by atoms with E-state index in [1.165, 1.54) is 14.2 Å². The van der Waals surface area contributed by atoms with Crippen molar-refractivity contribution < 1.29 is 23.4 Å². The number of ketones is 1. The van der Waals surface area contributed by atoms with E-state index in [4.69, 9.17) is 24.4 Å². The molecule has 0 spiro atoms. The molecule has 3 rings (SSSR count). The summed E-state index contributed by atoms with van der Waals surface area (Å²) in [4.78, 5) is 12.9. The quantitative estimate of drug-likeness (QED) is 0.724. The molecule has 0 aliphatic heterocycles. The van der Waals surface area contributed by atoms with Crippen molar-refractivity contribution in [1.29, 1.82) is 0 Å². The molecule has 0 aliphatic rings. The molecule has 0 radical (unpaired) electrons. The van der Waals surface area contributed by atoms with Crippen LogP contribution >= 0.6 is 0 Å². The average molecular weight is 327 g/mol. The predicted molar refractivity (Wildman–Crippen MR) is 90.2 cm³/mol. The van der Waals surface area contributed by atoms with Crippen LogP contribution in [-0.2, 0) is 0 Å². The monoisotopic (exact) mass is 327 g/mol. The number of ether oxygens (including phenoxy) is 3. The highest BCUT2D eigenvalue weighted by Gasteiger charge is 2.23. The van der Waals surface area contributed by atoms with Crippen LogP contribution in [0.15, 0.2) is 40.8 Å². The Morgan fingerprint density at radius 1 is 0.958 bits per heavy atom. The molecular formula is C18H17NO5. The number of rotatable bonds is 5. The molecule has 0 aliphatic carbocycles. The Morgan fingerprint density at radius 3 is 2.29 bits per heavy atom. The van der Waals surface area contributed by atoms with Crippen LogP contribution in [0.4, 0.5) is 5.69 Å². The van der Waals surface area contributed by atoms with Crippen LogP contribution < -0.4 is 19.9 Å². The number of hydrogen-bond donors (Lipinski definition) is 1. The molecule has 0 bridgehead atoms. The number of anilines is 1. The summed E-state index contributed by atoms with van der Waals surface area (Å²) in [6, 6.07) is 10.1. The molecule has 2 N–H and O–H groups in total. The maximum atomic E-state index is 12.9. The number of hydrogen-bond acceptors (Lipinski definition) is 6. The first-order valence-electron chi connectivity index (χ1n) is 7.21. The van der Waals surface area contributed by atoms with Gasteiger partial charge < -0.3 is 24.4 Å². The maximum absolute atomic E-state index is 12.9. The van der Waals surface area contributed by atoms with Gasteiger partial charge in [0.05, 0.1) is 32.6 Å². The van der Waals surface area contributed by atoms with Crippen LogP contribution in [0, 0.1) is 0 Å². The van der Waals surface area contributed by atoms with E-state index in [9.17, 15) is 4.79 Å². The minimum Gasteiger partial charge on any atom is -0.497 e. The number of furan rings is 1. The van der Waals surface area contributed by atoms with Gasteiger partial charge in [0.15, 0.2) is 5.76 Å². The van der Waals surface area contributed by atoms with Gasteiger partial charge in [0.1, 0.15) is 22.8 Å². The normalized spacial score (nSPS) is 10.6. The van der Waals surface area contributed by atoms with E-state index < -0.39 is 0 Å². The molecule has 3 aromatic rings. The van der Waals surface area contributed by atoms with Gasteiger partial charge in [0.2, 0.25) is 5.78 Å². The molecule has 6 nitrogen and oxygen atoms in total. The summed E-state index contributed by atoms with van der Waals surface area (Å²) in [5.74, 6) is 1.27. The van der Waals surface area contributed by atoms with Gasteiger partial charge in [-0.05, 0) is 36.4 Å². The molecule has 0 atom stereocenters. The molecule has 0 saturated carbocycles. The lowest BCUT2D eigenvalue weighted by Crippen LogP contribution is -2.05. The minimum atomic E-state index is -0.376. The third-order valence-corrected chi connectivity index (χ3v) is 3.79. The van der Waals surface area contributed by atoms with E-state index in [1.807, 2.05) is 0 Å². The van der Waals surface area contributed by atoms with E-state index in [0.29, 0.717) is 33.8 Å². The van der Waals surface area contributed by atoms with Crippen molar-refractivity contribution in [2.45, 2.75) is 0 Å². The third-order valence-electron chi connectivity index (χ3n) is 3.79. The zero-order valence-electron chi connectivity index (χ0n) is 13.6. The molecular weight excluding hydrogens is 310 g/mol. The Bertz CT molecular complexity index is 913. The van der Waals surface area contributed by atoms with Crippen molar-refractivity contribution in [2.24, 2.45) is 0 Å². The van der Waals surface area contributed by atoms with Gasteiger partial charge in [-0.1, -0.05) is 0 Å². The Labute approximate surface area is 138 Å². The molecule has 1 aromatic heterocycles. The van der Waals surface area contributed by atoms with Crippen molar-refractivity contribution in [1.82, 2.24) is 0 Å².